The highest BCUT2D eigenvalue weighted by Crippen LogP contribution is 2.25. The number of hydrogen-bond acceptors (Lipinski definition) is 4. The number of methoxy groups -OCH3 is 2. The van der Waals surface area contributed by atoms with Gasteiger partial charge in [-0.1, -0.05) is 6.07 Å². The Bertz CT molecular complexity index is 298. The van der Waals surface area contributed by atoms with Crippen LogP contribution in [-0.2, 0) is 4.74 Å². The first-order valence-corrected chi connectivity index (χ1v) is 4.39. The van der Waals surface area contributed by atoms with E-state index in [2.05, 4.69) is 0 Å². The molecule has 78 valence electrons. The molecule has 1 rings (SSSR count). The van der Waals surface area contributed by atoms with E-state index in [4.69, 9.17) is 20.9 Å². The van der Waals surface area contributed by atoms with Gasteiger partial charge < -0.3 is 20.9 Å². The van der Waals surface area contributed by atoms with Crippen LogP contribution in [0.2, 0.25) is 0 Å². The molecule has 14 heavy (non-hydrogen) atoms. The summed E-state index contributed by atoms with van der Waals surface area (Å²) < 4.78 is 10.2. The maximum absolute atomic E-state index is 5.76. The molecular weight excluding hydrogens is 180 g/mol. The summed E-state index contributed by atoms with van der Waals surface area (Å²) in [7, 11) is 3.21. The van der Waals surface area contributed by atoms with Crippen LogP contribution in [-0.4, -0.2) is 20.8 Å². The van der Waals surface area contributed by atoms with Gasteiger partial charge in [0.2, 0.25) is 0 Å². The average molecular weight is 196 g/mol. The zero-order chi connectivity index (χ0) is 10.6. The van der Waals surface area contributed by atoms with Gasteiger partial charge in [0.1, 0.15) is 5.75 Å². The lowest BCUT2D eigenvalue weighted by Crippen LogP contribution is -2.14. The van der Waals surface area contributed by atoms with Crippen molar-refractivity contribution in [1.82, 2.24) is 0 Å². The third kappa shape index (κ3) is 2.16. The monoisotopic (exact) mass is 196 g/mol. The molecule has 0 amide bonds. The van der Waals surface area contributed by atoms with Crippen molar-refractivity contribution >= 4 is 5.69 Å². The third-order valence-electron chi connectivity index (χ3n) is 2.12. The summed E-state index contributed by atoms with van der Waals surface area (Å²) in [6.07, 6.45) is -0.108. The Morgan fingerprint density at radius 1 is 1.36 bits per heavy atom. The summed E-state index contributed by atoms with van der Waals surface area (Å²) in [6.45, 7) is 0.433. The van der Waals surface area contributed by atoms with Crippen molar-refractivity contribution in [2.45, 2.75) is 6.10 Å². The van der Waals surface area contributed by atoms with Crippen molar-refractivity contribution in [1.29, 1.82) is 0 Å². The highest BCUT2D eigenvalue weighted by atomic mass is 16.5. The Kier molecular flexibility index (Phi) is 3.73. The average Bonchev–Trinajstić information content (AvgIpc) is 2.20. The van der Waals surface area contributed by atoms with Crippen LogP contribution in [0, 0.1) is 0 Å². The summed E-state index contributed by atoms with van der Waals surface area (Å²) in [4.78, 5) is 0. The quantitative estimate of drug-likeness (QED) is 0.702. The Morgan fingerprint density at radius 2 is 2.07 bits per heavy atom. The predicted molar refractivity (Wildman–Crippen MR) is 56.2 cm³/mol. The number of nitrogens with two attached hydrogens (primary N) is 2. The van der Waals surface area contributed by atoms with Crippen LogP contribution in [0.3, 0.4) is 0 Å². The molecule has 0 aromatic heterocycles. The van der Waals surface area contributed by atoms with Gasteiger partial charge in [-0.15, -0.1) is 0 Å². The van der Waals surface area contributed by atoms with Crippen molar-refractivity contribution in [2.24, 2.45) is 5.73 Å². The molecule has 0 aliphatic heterocycles. The minimum Gasteiger partial charge on any atom is -0.495 e. The summed E-state index contributed by atoms with van der Waals surface area (Å²) in [6, 6.07) is 5.53. The second-order valence-electron chi connectivity index (χ2n) is 2.96. The SMILES string of the molecule is COc1ccc(C(CN)OC)cc1N. The Balaban J connectivity index is 2.95. The van der Waals surface area contributed by atoms with E-state index < -0.39 is 0 Å². The molecule has 0 aliphatic rings. The fourth-order valence-corrected chi connectivity index (χ4v) is 1.32. The standard InChI is InChI=1S/C10H16N2O2/c1-13-9-4-3-7(5-8(9)12)10(6-11)14-2/h3-5,10H,6,11-12H2,1-2H3. The van der Waals surface area contributed by atoms with Crippen molar-refractivity contribution in [2.75, 3.05) is 26.5 Å². The van der Waals surface area contributed by atoms with Crippen molar-refractivity contribution in [3.63, 3.8) is 0 Å². The Morgan fingerprint density at radius 3 is 2.50 bits per heavy atom. The van der Waals surface area contributed by atoms with Crippen molar-refractivity contribution in [3.8, 4) is 5.75 Å². The first-order valence-electron chi connectivity index (χ1n) is 4.39. The van der Waals surface area contributed by atoms with Crippen molar-refractivity contribution < 1.29 is 9.47 Å². The van der Waals surface area contributed by atoms with E-state index in [-0.39, 0.29) is 6.10 Å². The topological polar surface area (TPSA) is 70.5 Å². The van der Waals surface area contributed by atoms with Gasteiger partial charge in [0, 0.05) is 13.7 Å². The van der Waals surface area contributed by atoms with Crippen LogP contribution < -0.4 is 16.2 Å². The smallest absolute Gasteiger partial charge is 0.141 e. The molecule has 0 spiro atoms. The molecule has 0 radical (unpaired) electrons. The second kappa shape index (κ2) is 4.83. The summed E-state index contributed by atoms with van der Waals surface area (Å²) in [5, 5.41) is 0. The molecule has 0 saturated carbocycles. The van der Waals surface area contributed by atoms with Crippen molar-refractivity contribution in [3.05, 3.63) is 23.8 Å². The Labute approximate surface area is 83.8 Å². The van der Waals surface area contributed by atoms with Gasteiger partial charge in [-0.05, 0) is 17.7 Å². The lowest BCUT2D eigenvalue weighted by atomic mass is 10.1. The fraction of sp³-hybridized carbons (Fsp3) is 0.400. The van der Waals surface area contributed by atoms with Crippen LogP contribution >= 0.6 is 0 Å². The molecule has 4 nitrogen and oxygen atoms in total. The lowest BCUT2D eigenvalue weighted by molar-refractivity contribution is 0.110. The molecule has 0 heterocycles. The molecule has 1 aromatic carbocycles. The Hall–Kier alpha value is -1.26. The molecule has 0 saturated heterocycles. The van der Waals surface area contributed by atoms with E-state index >= 15 is 0 Å². The van der Waals surface area contributed by atoms with Gasteiger partial charge >= 0.3 is 0 Å². The number of nitrogen functional groups attached to an aromatic ring is 1. The molecule has 0 bridgehead atoms. The van der Waals surface area contributed by atoms with Gasteiger partial charge in [-0.3, -0.25) is 0 Å². The summed E-state index contributed by atoms with van der Waals surface area (Å²) >= 11 is 0. The maximum atomic E-state index is 5.76. The first kappa shape index (κ1) is 10.8. The molecule has 0 aliphatic carbocycles. The molecule has 4 N–H and O–H groups in total. The van der Waals surface area contributed by atoms with Crippen LogP contribution in [0.25, 0.3) is 0 Å². The first-order chi connectivity index (χ1) is 6.72. The summed E-state index contributed by atoms with van der Waals surface area (Å²) in [5.74, 6) is 0.667. The van der Waals surface area contributed by atoms with E-state index in [9.17, 15) is 0 Å². The largest absolute Gasteiger partial charge is 0.495 e. The predicted octanol–water partition coefficient (Wildman–Crippen LogP) is 0.924. The summed E-state index contributed by atoms with van der Waals surface area (Å²) in [5.41, 5.74) is 12.9. The molecule has 1 aromatic rings. The molecule has 0 fully saturated rings. The maximum Gasteiger partial charge on any atom is 0.141 e. The molecular formula is C10H16N2O2. The second-order valence-corrected chi connectivity index (χ2v) is 2.96. The van der Waals surface area contributed by atoms with Crippen LogP contribution in [0.1, 0.15) is 11.7 Å². The van der Waals surface area contributed by atoms with E-state index in [1.54, 1.807) is 14.2 Å². The number of benzene rings is 1. The van der Waals surface area contributed by atoms with E-state index in [0.29, 0.717) is 18.0 Å². The minimum atomic E-state index is -0.108. The number of anilines is 1. The molecule has 1 atom stereocenters. The lowest BCUT2D eigenvalue weighted by Gasteiger charge is -2.14. The molecule has 1 unspecified atom stereocenters. The van der Waals surface area contributed by atoms with Gasteiger partial charge in [-0.25, -0.2) is 0 Å². The van der Waals surface area contributed by atoms with E-state index in [1.807, 2.05) is 18.2 Å². The minimum absolute atomic E-state index is 0.108. The molecule has 4 heteroatoms. The third-order valence-corrected chi connectivity index (χ3v) is 2.12. The van der Waals surface area contributed by atoms with Gasteiger partial charge in [-0.2, -0.15) is 0 Å². The number of rotatable bonds is 4. The zero-order valence-electron chi connectivity index (χ0n) is 8.49. The van der Waals surface area contributed by atoms with Gasteiger partial charge in [0.15, 0.2) is 0 Å². The van der Waals surface area contributed by atoms with E-state index in [1.165, 1.54) is 0 Å². The van der Waals surface area contributed by atoms with Crippen LogP contribution in [0.4, 0.5) is 5.69 Å². The highest BCUT2D eigenvalue weighted by molar-refractivity contribution is 5.54. The van der Waals surface area contributed by atoms with Gasteiger partial charge in [0.05, 0.1) is 18.9 Å². The normalized spacial score (nSPS) is 12.5. The van der Waals surface area contributed by atoms with Gasteiger partial charge in [0.25, 0.3) is 0 Å². The number of ether oxygens (including phenoxy) is 2. The highest BCUT2D eigenvalue weighted by Gasteiger charge is 2.09. The zero-order valence-corrected chi connectivity index (χ0v) is 8.49. The number of hydrogen-bond donors (Lipinski definition) is 2. The van der Waals surface area contributed by atoms with E-state index in [0.717, 1.165) is 5.56 Å². The van der Waals surface area contributed by atoms with Crippen LogP contribution in [0.5, 0.6) is 5.75 Å². The van der Waals surface area contributed by atoms with Crippen LogP contribution in [0.15, 0.2) is 18.2 Å². The fourth-order valence-electron chi connectivity index (χ4n) is 1.32.